The molecule has 0 atom stereocenters. The van der Waals surface area contributed by atoms with Gasteiger partial charge in [0.2, 0.25) is 5.88 Å². The summed E-state index contributed by atoms with van der Waals surface area (Å²) in [6, 6.07) is 26.7. The molecule has 0 unspecified atom stereocenters. The van der Waals surface area contributed by atoms with Crippen molar-refractivity contribution in [1.29, 1.82) is 0 Å². The monoisotopic (exact) mass is 497 g/mol. The van der Waals surface area contributed by atoms with Gasteiger partial charge in [-0.1, -0.05) is 72.3 Å². The summed E-state index contributed by atoms with van der Waals surface area (Å²) in [5.41, 5.74) is 5.36. The molecule has 2 heterocycles. The summed E-state index contributed by atoms with van der Waals surface area (Å²) in [6.45, 7) is 1.94. The Morgan fingerprint density at radius 1 is 0.914 bits per heavy atom. The van der Waals surface area contributed by atoms with Crippen molar-refractivity contribution in [3.05, 3.63) is 127 Å². The number of rotatable bonds is 4. The van der Waals surface area contributed by atoms with E-state index in [1.54, 1.807) is 30.3 Å². The van der Waals surface area contributed by atoms with Gasteiger partial charge >= 0.3 is 0 Å². The molecule has 0 fully saturated rings. The predicted octanol–water partition coefficient (Wildman–Crippen LogP) is 6.68. The van der Waals surface area contributed by atoms with Crippen molar-refractivity contribution in [3.63, 3.8) is 0 Å². The van der Waals surface area contributed by atoms with Crippen LogP contribution < -0.4 is 5.56 Å². The van der Waals surface area contributed by atoms with Gasteiger partial charge in [-0.05, 0) is 60.6 Å². The zero-order valence-electron chi connectivity index (χ0n) is 18.7. The second-order valence-electron chi connectivity index (χ2n) is 8.02. The van der Waals surface area contributed by atoms with Crippen LogP contribution >= 0.6 is 23.8 Å². The molecule has 0 saturated heterocycles. The Morgan fingerprint density at radius 2 is 1.49 bits per heavy atom. The Balaban J connectivity index is 1.75. The van der Waals surface area contributed by atoms with E-state index in [1.807, 2.05) is 67.6 Å². The lowest BCUT2D eigenvalue weighted by Gasteiger charge is -2.13. The van der Waals surface area contributed by atoms with Gasteiger partial charge in [0, 0.05) is 21.9 Å². The van der Waals surface area contributed by atoms with Crippen LogP contribution in [0.4, 0.5) is 0 Å². The maximum Gasteiger partial charge on any atom is 0.262 e. The van der Waals surface area contributed by atoms with Crippen LogP contribution in [0, 0.1) is 4.77 Å². The first-order chi connectivity index (χ1) is 16.9. The number of hydrogen-bond acceptors (Lipinski definition) is 4. The van der Waals surface area contributed by atoms with E-state index in [1.165, 1.54) is 4.57 Å². The Kier molecular flexibility index (Phi) is 6.07. The molecule has 5 nitrogen and oxygen atoms in total. The third-order valence-corrected chi connectivity index (χ3v) is 6.30. The largest absolute Gasteiger partial charge is 0.494 e. The minimum atomic E-state index is -0.501. The number of nitrogens with zero attached hydrogens (tertiary/aromatic N) is 2. The molecule has 3 aromatic carbocycles. The average molecular weight is 498 g/mol. The minimum Gasteiger partial charge on any atom is -0.494 e. The molecule has 1 aromatic heterocycles. The van der Waals surface area contributed by atoms with Gasteiger partial charge < -0.3 is 5.11 Å². The highest BCUT2D eigenvalue weighted by Crippen LogP contribution is 2.40. The number of H-pyrrole nitrogens is 1. The Morgan fingerprint density at radius 3 is 2.09 bits per heavy atom. The third-order valence-electron chi connectivity index (χ3n) is 5.77. The summed E-state index contributed by atoms with van der Waals surface area (Å²) >= 11 is 11.4. The van der Waals surface area contributed by atoms with Crippen molar-refractivity contribution >= 4 is 46.8 Å². The first-order valence-corrected chi connectivity index (χ1v) is 11.7. The topological polar surface area (TPSA) is 70.4 Å². The van der Waals surface area contributed by atoms with Gasteiger partial charge in [0.15, 0.2) is 4.77 Å². The first kappa shape index (κ1) is 22.8. The highest BCUT2D eigenvalue weighted by atomic mass is 35.5. The van der Waals surface area contributed by atoms with Crippen molar-refractivity contribution in [2.45, 2.75) is 6.92 Å². The number of halogens is 1. The molecule has 5 rings (SSSR count). The Labute approximate surface area is 212 Å². The number of aliphatic imine (C=N–C) groups is 1. The van der Waals surface area contributed by atoms with Gasteiger partial charge in [-0.25, -0.2) is 0 Å². The molecule has 0 amide bonds. The zero-order valence-corrected chi connectivity index (χ0v) is 20.3. The van der Waals surface area contributed by atoms with Crippen molar-refractivity contribution in [2.24, 2.45) is 4.99 Å². The number of aromatic amines is 1. The lowest BCUT2D eigenvalue weighted by molar-refractivity contribution is 0.432. The molecule has 0 spiro atoms. The van der Waals surface area contributed by atoms with Crippen LogP contribution in [0.3, 0.4) is 0 Å². The molecule has 0 saturated carbocycles. The second kappa shape index (κ2) is 9.33. The number of allylic oxidation sites excluding steroid dienone is 2. The van der Waals surface area contributed by atoms with E-state index in [0.717, 1.165) is 28.0 Å². The van der Waals surface area contributed by atoms with Crippen LogP contribution in [-0.2, 0) is 0 Å². The minimum absolute atomic E-state index is 0.0582. The fourth-order valence-electron chi connectivity index (χ4n) is 4.20. The molecule has 1 aliphatic heterocycles. The van der Waals surface area contributed by atoms with Gasteiger partial charge in [0.25, 0.3) is 5.56 Å². The molecule has 1 aliphatic rings. The molecule has 2 N–H and O–H groups in total. The van der Waals surface area contributed by atoms with E-state index in [9.17, 15) is 9.90 Å². The first-order valence-electron chi connectivity index (χ1n) is 10.9. The standard InChI is InChI=1S/C28H20ClN3O2S/c1-17-24(18-8-4-2-5-9-18)25(19-10-6-3-7-11-19)23(30-17)16-22-26(33)31-28(35)32(27(22)34)21-14-12-20(29)13-15-21/h2-16,34H,1H3,(H,31,33,35). The van der Waals surface area contributed by atoms with Gasteiger partial charge in [-0.2, -0.15) is 0 Å². The SMILES string of the molecule is CC1=NC(=Cc2c(O)n(-c3ccc(Cl)cc3)c(=S)[nH]c2=O)C(c2ccccc2)=C1c1ccccc1. The van der Waals surface area contributed by atoms with E-state index in [2.05, 4.69) is 4.98 Å². The van der Waals surface area contributed by atoms with Crippen molar-refractivity contribution in [2.75, 3.05) is 0 Å². The fraction of sp³-hybridized carbons (Fsp3) is 0.0357. The number of hydrogen-bond donors (Lipinski definition) is 2. The van der Waals surface area contributed by atoms with Gasteiger partial charge in [-0.3, -0.25) is 19.3 Å². The summed E-state index contributed by atoms with van der Waals surface area (Å²) in [6.07, 6.45) is 1.61. The van der Waals surface area contributed by atoms with E-state index >= 15 is 0 Å². The molecule has 4 aromatic rings. The average Bonchev–Trinajstić information content (AvgIpc) is 3.19. The maximum absolute atomic E-state index is 12.9. The summed E-state index contributed by atoms with van der Waals surface area (Å²) in [4.78, 5) is 20.4. The lowest BCUT2D eigenvalue weighted by Crippen LogP contribution is -2.16. The summed E-state index contributed by atoms with van der Waals surface area (Å²) in [7, 11) is 0. The Bertz CT molecular complexity index is 1630. The van der Waals surface area contributed by atoms with Gasteiger partial charge in [-0.15, -0.1) is 0 Å². The molecular formula is C28H20ClN3O2S. The van der Waals surface area contributed by atoms with Crippen LogP contribution in [0.1, 0.15) is 23.6 Å². The van der Waals surface area contributed by atoms with Crippen LogP contribution in [-0.4, -0.2) is 20.4 Å². The van der Waals surface area contributed by atoms with Gasteiger partial charge in [0.1, 0.15) is 5.56 Å². The molecule has 172 valence electrons. The molecule has 35 heavy (non-hydrogen) atoms. The fourth-order valence-corrected chi connectivity index (χ4v) is 4.61. The van der Waals surface area contributed by atoms with E-state index in [0.29, 0.717) is 16.4 Å². The normalized spacial score (nSPS) is 14.5. The number of nitrogens with one attached hydrogen (secondary N) is 1. The smallest absolute Gasteiger partial charge is 0.262 e. The lowest BCUT2D eigenvalue weighted by atomic mass is 9.92. The molecule has 0 radical (unpaired) electrons. The van der Waals surface area contributed by atoms with Crippen LogP contribution in [0.2, 0.25) is 5.02 Å². The molecule has 0 bridgehead atoms. The molecule has 7 heteroatoms. The van der Waals surface area contributed by atoms with Crippen LogP contribution in [0.15, 0.2) is 100 Å². The van der Waals surface area contributed by atoms with Crippen LogP contribution in [0.25, 0.3) is 22.9 Å². The third kappa shape index (κ3) is 4.30. The van der Waals surface area contributed by atoms with Crippen molar-refractivity contribution in [3.8, 4) is 11.6 Å². The van der Waals surface area contributed by atoms with E-state index < -0.39 is 5.56 Å². The number of aromatic hydroxyl groups is 1. The van der Waals surface area contributed by atoms with Crippen LogP contribution in [0.5, 0.6) is 5.88 Å². The van der Waals surface area contributed by atoms with Crippen molar-refractivity contribution < 1.29 is 5.11 Å². The number of aromatic nitrogens is 2. The van der Waals surface area contributed by atoms with E-state index in [-0.39, 0.29) is 16.2 Å². The summed E-state index contributed by atoms with van der Waals surface area (Å²) in [5.74, 6) is -0.276. The van der Waals surface area contributed by atoms with Crippen molar-refractivity contribution in [1.82, 2.24) is 9.55 Å². The highest BCUT2D eigenvalue weighted by Gasteiger charge is 2.25. The predicted molar refractivity (Wildman–Crippen MR) is 145 cm³/mol. The quantitative estimate of drug-likeness (QED) is 0.309. The highest BCUT2D eigenvalue weighted by molar-refractivity contribution is 7.71. The summed E-state index contributed by atoms with van der Waals surface area (Å²) in [5, 5.41) is 11.7. The second-order valence-corrected chi connectivity index (χ2v) is 8.84. The summed E-state index contributed by atoms with van der Waals surface area (Å²) < 4.78 is 1.47. The Hall–Kier alpha value is -4.00. The maximum atomic E-state index is 12.9. The molecular weight excluding hydrogens is 478 g/mol. The van der Waals surface area contributed by atoms with E-state index in [4.69, 9.17) is 28.8 Å². The zero-order chi connectivity index (χ0) is 24.5. The van der Waals surface area contributed by atoms with Gasteiger partial charge in [0.05, 0.1) is 11.4 Å². The number of benzene rings is 3. The molecule has 0 aliphatic carbocycles.